The Balaban J connectivity index is 3.94. The van der Waals surface area contributed by atoms with Crippen molar-refractivity contribution in [1.82, 2.24) is 5.32 Å². The summed E-state index contributed by atoms with van der Waals surface area (Å²) in [6, 6.07) is 0. The number of hydrogen-bond donors (Lipinski definition) is 1. The molecule has 0 aliphatic heterocycles. The fourth-order valence-electron chi connectivity index (χ4n) is 0.294. The SMILES string of the molecule is C=CC(=C)/C=C(/Cl)NC. The lowest BCUT2D eigenvalue weighted by molar-refractivity contribution is 1.07. The minimum absolute atomic E-state index is 0.569. The van der Waals surface area contributed by atoms with Gasteiger partial charge in [-0.25, -0.2) is 0 Å². The second-order valence-electron chi connectivity index (χ2n) is 1.52. The quantitative estimate of drug-likeness (QED) is 0.471. The fraction of sp³-hybridized carbons (Fsp3) is 0.143. The van der Waals surface area contributed by atoms with Crippen molar-refractivity contribution in [3.63, 3.8) is 0 Å². The molecule has 1 N–H and O–H groups in total. The Morgan fingerprint density at radius 3 is 2.56 bits per heavy atom. The predicted octanol–water partition coefficient (Wildman–Crippen LogP) is 2.03. The standard InChI is InChI=1S/C7H10ClN/c1-4-6(2)5-7(8)9-3/h4-5,9H,1-2H2,3H3/b7-5-. The van der Waals surface area contributed by atoms with Crippen LogP contribution in [0.5, 0.6) is 0 Å². The van der Waals surface area contributed by atoms with E-state index < -0.39 is 0 Å². The minimum Gasteiger partial charge on any atom is -0.379 e. The monoisotopic (exact) mass is 143 g/mol. The molecule has 0 spiro atoms. The van der Waals surface area contributed by atoms with Gasteiger partial charge < -0.3 is 5.32 Å². The highest BCUT2D eigenvalue weighted by Gasteiger charge is 1.83. The van der Waals surface area contributed by atoms with Gasteiger partial charge in [0.1, 0.15) is 5.16 Å². The van der Waals surface area contributed by atoms with E-state index in [1.165, 1.54) is 0 Å². The average Bonchev–Trinajstić information content (AvgIpc) is 1.87. The van der Waals surface area contributed by atoms with Crippen molar-refractivity contribution in [2.24, 2.45) is 0 Å². The first-order chi connectivity index (χ1) is 4.20. The molecule has 0 aliphatic carbocycles. The molecule has 50 valence electrons. The van der Waals surface area contributed by atoms with Crippen molar-refractivity contribution in [2.75, 3.05) is 7.05 Å². The molecule has 0 saturated carbocycles. The molecule has 0 aromatic rings. The van der Waals surface area contributed by atoms with E-state index in [4.69, 9.17) is 11.6 Å². The summed E-state index contributed by atoms with van der Waals surface area (Å²) < 4.78 is 0. The summed E-state index contributed by atoms with van der Waals surface area (Å²) in [5.74, 6) is 0. The fourth-order valence-corrected chi connectivity index (χ4v) is 0.434. The lowest BCUT2D eigenvalue weighted by Gasteiger charge is -1.93. The first kappa shape index (κ1) is 8.31. The molecule has 0 atom stereocenters. The van der Waals surface area contributed by atoms with Gasteiger partial charge in [0.15, 0.2) is 0 Å². The zero-order chi connectivity index (χ0) is 7.28. The lowest BCUT2D eigenvalue weighted by atomic mass is 10.3. The molecule has 1 nitrogen and oxygen atoms in total. The molecule has 0 aromatic carbocycles. The molecule has 0 unspecified atom stereocenters. The largest absolute Gasteiger partial charge is 0.379 e. The molecule has 0 aromatic heterocycles. The van der Waals surface area contributed by atoms with Crippen molar-refractivity contribution < 1.29 is 0 Å². The molecule has 0 amide bonds. The van der Waals surface area contributed by atoms with Gasteiger partial charge in [-0.3, -0.25) is 0 Å². The zero-order valence-corrected chi connectivity index (χ0v) is 6.20. The molecule has 9 heavy (non-hydrogen) atoms. The summed E-state index contributed by atoms with van der Waals surface area (Å²) in [7, 11) is 1.75. The van der Waals surface area contributed by atoms with Gasteiger partial charge in [0.05, 0.1) is 0 Å². The third kappa shape index (κ3) is 3.86. The highest BCUT2D eigenvalue weighted by molar-refractivity contribution is 6.29. The minimum atomic E-state index is 0.569. The number of nitrogens with one attached hydrogen (secondary N) is 1. The first-order valence-corrected chi connectivity index (χ1v) is 2.94. The summed E-state index contributed by atoms with van der Waals surface area (Å²) in [5.41, 5.74) is 0.800. The Kier molecular flexibility index (Phi) is 3.89. The van der Waals surface area contributed by atoms with Crippen molar-refractivity contribution >= 4 is 11.6 Å². The van der Waals surface area contributed by atoms with E-state index in [0.29, 0.717) is 5.16 Å². The van der Waals surface area contributed by atoms with E-state index in [2.05, 4.69) is 18.5 Å². The van der Waals surface area contributed by atoms with Crippen LogP contribution in [0.2, 0.25) is 0 Å². The van der Waals surface area contributed by atoms with Crippen LogP contribution in [-0.4, -0.2) is 7.05 Å². The van der Waals surface area contributed by atoms with E-state index in [1.54, 1.807) is 19.2 Å². The Morgan fingerprint density at radius 2 is 2.22 bits per heavy atom. The summed E-state index contributed by atoms with van der Waals surface area (Å²) in [4.78, 5) is 0. The Morgan fingerprint density at radius 1 is 1.67 bits per heavy atom. The van der Waals surface area contributed by atoms with Gasteiger partial charge in [-0.05, 0) is 11.6 Å². The van der Waals surface area contributed by atoms with Crippen molar-refractivity contribution in [2.45, 2.75) is 0 Å². The molecule has 0 heterocycles. The lowest BCUT2D eigenvalue weighted by Crippen LogP contribution is -1.98. The predicted molar refractivity (Wildman–Crippen MR) is 42.3 cm³/mol. The smallest absolute Gasteiger partial charge is 0.102 e. The molecule has 0 rings (SSSR count). The van der Waals surface area contributed by atoms with E-state index >= 15 is 0 Å². The van der Waals surface area contributed by atoms with Crippen LogP contribution in [0, 0.1) is 0 Å². The molecule has 0 saturated heterocycles. The van der Waals surface area contributed by atoms with Crippen LogP contribution in [0.1, 0.15) is 0 Å². The topological polar surface area (TPSA) is 12.0 Å². The van der Waals surface area contributed by atoms with Crippen LogP contribution in [0.4, 0.5) is 0 Å². The van der Waals surface area contributed by atoms with Crippen LogP contribution < -0.4 is 5.32 Å². The molecule has 0 aliphatic rings. The van der Waals surface area contributed by atoms with Gasteiger partial charge in [0.25, 0.3) is 0 Å². The highest BCUT2D eigenvalue weighted by Crippen LogP contribution is 2.01. The molecule has 0 fully saturated rings. The van der Waals surface area contributed by atoms with Gasteiger partial charge >= 0.3 is 0 Å². The first-order valence-electron chi connectivity index (χ1n) is 2.57. The van der Waals surface area contributed by atoms with E-state index in [1.807, 2.05) is 0 Å². The van der Waals surface area contributed by atoms with Crippen molar-refractivity contribution in [1.29, 1.82) is 0 Å². The number of hydrogen-bond acceptors (Lipinski definition) is 1. The van der Waals surface area contributed by atoms with Gasteiger partial charge in [-0.2, -0.15) is 0 Å². The Labute approximate surface area is 60.7 Å². The highest BCUT2D eigenvalue weighted by atomic mass is 35.5. The van der Waals surface area contributed by atoms with Gasteiger partial charge in [-0.1, -0.05) is 30.8 Å². The normalized spacial score (nSPS) is 10.7. The second kappa shape index (κ2) is 4.21. The van der Waals surface area contributed by atoms with Crippen LogP contribution in [-0.2, 0) is 0 Å². The van der Waals surface area contributed by atoms with Gasteiger partial charge in [0, 0.05) is 7.05 Å². The summed E-state index contributed by atoms with van der Waals surface area (Å²) >= 11 is 5.58. The molecular weight excluding hydrogens is 134 g/mol. The van der Waals surface area contributed by atoms with Crippen molar-refractivity contribution in [3.05, 3.63) is 36.0 Å². The van der Waals surface area contributed by atoms with Crippen LogP contribution >= 0.6 is 11.6 Å². The molecule has 0 bridgehead atoms. The van der Waals surface area contributed by atoms with E-state index in [9.17, 15) is 0 Å². The Bertz CT molecular complexity index is 147. The van der Waals surface area contributed by atoms with E-state index in [0.717, 1.165) is 5.57 Å². The maximum absolute atomic E-state index is 5.58. The maximum atomic E-state index is 5.58. The van der Waals surface area contributed by atoms with E-state index in [-0.39, 0.29) is 0 Å². The number of rotatable bonds is 3. The zero-order valence-electron chi connectivity index (χ0n) is 5.45. The van der Waals surface area contributed by atoms with Gasteiger partial charge in [-0.15, -0.1) is 0 Å². The van der Waals surface area contributed by atoms with Crippen LogP contribution in [0.3, 0.4) is 0 Å². The Hall–Kier alpha value is -0.690. The summed E-state index contributed by atoms with van der Waals surface area (Å²) in [6.07, 6.45) is 3.34. The van der Waals surface area contributed by atoms with Crippen molar-refractivity contribution in [3.8, 4) is 0 Å². The maximum Gasteiger partial charge on any atom is 0.102 e. The summed E-state index contributed by atoms with van der Waals surface area (Å²) in [5, 5.41) is 3.32. The average molecular weight is 144 g/mol. The second-order valence-corrected chi connectivity index (χ2v) is 1.93. The summed E-state index contributed by atoms with van der Waals surface area (Å²) in [6.45, 7) is 7.16. The van der Waals surface area contributed by atoms with Crippen LogP contribution in [0.15, 0.2) is 36.0 Å². The number of allylic oxidation sites excluding steroid dienone is 3. The third-order valence-corrected chi connectivity index (χ3v) is 1.11. The molecular formula is C7H10ClN. The number of halogens is 1. The van der Waals surface area contributed by atoms with Gasteiger partial charge in [0.2, 0.25) is 0 Å². The molecule has 2 heteroatoms. The molecule has 0 radical (unpaired) electrons. The van der Waals surface area contributed by atoms with Crippen LogP contribution in [0.25, 0.3) is 0 Å². The third-order valence-electron chi connectivity index (χ3n) is 0.813.